The van der Waals surface area contributed by atoms with Gasteiger partial charge in [-0.05, 0) is 126 Å². The Bertz CT molecular complexity index is 1280. The molecule has 1 heterocycles. The molecule has 5 heteroatoms. The third-order valence-corrected chi connectivity index (χ3v) is 15.4. The van der Waals surface area contributed by atoms with Gasteiger partial charge in [-0.25, -0.2) is 4.79 Å². The van der Waals surface area contributed by atoms with Crippen LogP contribution in [0.3, 0.4) is 0 Å². The molecule has 0 bridgehead atoms. The molecule has 0 amide bonds. The van der Waals surface area contributed by atoms with Gasteiger partial charge in [0.25, 0.3) is 0 Å². The smallest absolute Gasteiger partial charge is 0.335 e. The molecule has 44 heavy (non-hydrogen) atoms. The van der Waals surface area contributed by atoms with E-state index in [-0.39, 0.29) is 5.41 Å². The van der Waals surface area contributed by atoms with Crippen molar-refractivity contribution in [2.45, 2.75) is 104 Å². The molecule has 7 unspecified atom stereocenters. The van der Waals surface area contributed by atoms with Crippen molar-refractivity contribution in [3.05, 3.63) is 41.5 Å². The number of ether oxygens (including phenoxy) is 1. The standard InChI is InChI=1S/C39H58N2O3/c1-35(2)29(27-8-10-28(11-9-27)34(42)43)14-17-36(3)32(35)15-18-38(5)33(36)13-12-30-31-7-6-16-39(31,20-19-37(30,38)4)40-21-22-41-23-25-44-26-24-41/h8-11,14,30-33,40H,6-7,12-13,15-26H2,1-5H3,(H,42,43)/t30?,31?,32?,33?,36?,37-,38?,39?/m1/s1. The molecule has 1 aromatic rings. The third-order valence-electron chi connectivity index (χ3n) is 15.4. The molecule has 5 aliphatic carbocycles. The van der Waals surface area contributed by atoms with E-state index in [2.05, 4.69) is 50.9 Å². The summed E-state index contributed by atoms with van der Waals surface area (Å²) in [7, 11) is 0. The molecular formula is C39H58N2O3. The van der Waals surface area contributed by atoms with Crippen molar-refractivity contribution >= 4 is 11.5 Å². The molecule has 1 aliphatic heterocycles. The van der Waals surface area contributed by atoms with E-state index in [4.69, 9.17) is 4.74 Å². The lowest BCUT2D eigenvalue weighted by atomic mass is 9.33. The van der Waals surface area contributed by atoms with Gasteiger partial charge in [-0.3, -0.25) is 4.90 Å². The number of nitrogens with one attached hydrogen (secondary N) is 1. The molecule has 7 rings (SSSR count). The first-order valence-corrected chi connectivity index (χ1v) is 18.0. The van der Waals surface area contributed by atoms with Gasteiger partial charge < -0.3 is 15.2 Å². The highest BCUT2D eigenvalue weighted by Crippen LogP contribution is 2.76. The van der Waals surface area contributed by atoms with Crippen molar-refractivity contribution in [1.82, 2.24) is 10.2 Å². The first kappa shape index (κ1) is 30.9. The molecule has 0 aromatic heterocycles. The molecule has 2 N–H and O–H groups in total. The zero-order chi connectivity index (χ0) is 31.0. The van der Waals surface area contributed by atoms with Crippen LogP contribution in [0, 0.1) is 45.3 Å². The van der Waals surface area contributed by atoms with E-state index < -0.39 is 5.97 Å². The Morgan fingerprint density at radius 3 is 2.36 bits per heavy atom. The van der Waals surface area contributed by atoms with Crippen LogP contribution < -0.4 is 5.32 Å². The second-order valence-electron chi connectivity index (χ2n) is 17.1. The number of fused-ring (bicyclic) bond motifs is 7. The molecule has 6 aliphatic rings. The average molecular weight is 603 g/mol. The minimum atomic E-state index is -0.849. The van der Waals surface area contributed by atoms with Crippen LogP contribution in [-0.2, 0) is 4.74 Å². The van der Waals surface area contributed by atoms with Gasteiger partial charge in [-0.2, -0.15) is 0 Å². The van der Waals surface area contributed by atoms with Gasteiger partial charge >= 0.3 is 5.97 Å². The van der Waals surface area contributed by atoms with Crippen LogP contribution in [0.15, 0.2) is 30.3 Å². The van der Waals surface area contributed by atoms with Crippen molar-refractivity contribution in [3.63, 3.8) is 0 Å². The first-order chi connectivity index (χ1) is 20.9. The number of allylic oxidation sites excluding steroid dienone is 2. The summed E-state index contributed by atoms with van der Waals surface area (Å²) in [6.07, 6.45) is 16.1. The lowest BCUT2D eigenvalue weighted by molar-refractivity contribution is -0.217. The minimum Gasteiger partial charge on any atom is -0.478 e. The number of carboxylic acids is 1. The maximum Gasteiger partial charge on any atom is 0.335 e. The molecular weight excluding hydrogens is 544 g/mol. The highest BCUT2D eigenvalue weighted by Gasteiger charge is 2.69. The van der Waals surface area contributed by atoms with Crippen LogP contribution in [0.2, 0.25) is 0 Å². The molecule has 1 saturated heterocycles. The number of hydrogen-bond donors (Lipinski definition) is 2. The molecule has 5 nitrogen and oxygen atoms in total. The van der Waals surface area contributed by atoms with Crippen molar-refractivity contribution in [3.8, 4) is 0 Å². The van der Waals surface area contributed by atoms with Crippen molar-refractivity contribution in [2.24, 2.45) is 45.3 Å². The van der Waals surface area contributed by atoms with Crippen LogP contribution >= 0.6 is 0 Å². The van der Waals surface area contributed by atoms with E-state index in [9.17, 15) is 9.90 Å². The Labute approximate surface area is 266 Å². The number of aromatic carboxylic acids is 1. The quantitative estimate of drug-likeness (QED) is 0.347. The predicted molar refractivity (Wildman–Crippen MR) is 178 cm³/mol. The number of hydrogen-bond acceptors (Lipinski definition) is 4. The van der Waals surface area contributed by atoms with Crippen LogP contribution in [0.25, 0.3) is 5.57 Å². The van der Waals surface area contributed by atoms with Gasteiger partial charge in [-0.15, -0.1) is 0 Å². The number of benzene rings is 1. The maximum absolute atomic E-state index is 11.5. The fourth-order valence-electron chi connectivity index (χ4n) is 13.1. The second-order valence-corrected chi connectivity index (χ2v) is 17.1. The predicted octanol–water partition coefficient (Wildman–Crippen LogP) is 7.91. The molecule has 0 spiro atoms. The molecule has 242 valence electrons. The number of carbonyl (C=O) groups is 1. The summed E-state index contributed by atoms with van der Waals surface area (Å²) in [5.74, 6) is 2.22. The van der Waals surface area contributed by atoms with Gasteiger partial charge in [0.15, 0.2) is 0 Å². The Hall–Kier alpha value is -1.69. The molecule has 4 saturated carbocycles. The Morgan fingerprint density at radius 2 is 1.64 bits per heavy atom. The van der Waals surface area contributed by atoms with Crippen molar-refractivity contribution in [1.29, 1.82) is 0 Å². The van der Waals surface area contributed by atoms with E-state index in [1.54, 1.807) is 12.1 Å². The summed E-state index contributed by atoms with van der Waals surface area (Å²) < 4.78 is 5.59. The normalized spacial score (nSPS) is 43.2. The summed E-state index contributed by atoms with van der Waals surface area (Å²) in [6.45, 7) is 19.4. The average Bonchev–Trinajstić information content (AvgIpc) is 3.42. The largest absolute Gasteiger partial charge is 0.478 e. The van der Waals surface area contributed by atoms with Gasteiger partial charge in [0.05, 0.1) is 18.8 Å². The van der Waals surface area contributed by atoms with Crippen LogP contribution in [0.1, 0.15) is 115 Å². The summed E-state index contributed by atoms with van der Waals surface area (Å²) in [5, 5.41) is 13.7. The summed E-state index contributed by atoms with van der Waals surface area (Å²) in [6, 6.07) is 7.66. The van der Waals surface area contributed by atoms with Crippen LogP contribution in [0.4, 0.5) is 0 Å². The zero-order valence-electron chi connectivity index (χ0n) is 28.2. The zero-order valence-corrected chi connectivity index (χ0v) is 28.2. The first-order valence-electron chi connectivity index (χ1n) is 18.0. The highest BCUT2D eigenvalue weighted by molar-refractivity contribution is 5.88. The summed E-state index contributed by atoms with van der Waals surface area (Å²) >= 11 is 0. The highest BCUT2D eigenvalue weighted by atomic mass is 16.5. The molecule has 1 aromatic carbocycles. The fraction of sp³-hybridized carbons (Fsp3) is 0.769. The van der Waals surface area contributed by atoms with E-state index in [0.29, 0.717) is 33.3 Å². The fourth-order valence-corrected chi connectivity index (χ4v) is 13.1. The number of carboxylic acid groups (broad SMARTS) is 1. The van der Waals surface area contributed by atoms with E-state index in [1.807, 2.05) is 12.1 Å². The Kier molecular flexibility index (Phi) is 7.70. The second kappa shape index (κ2) is 10.9. The topological polar surface area (TPSA) is 61.8 Å². The lowest BCUT2D eigenvalue weighted by Gasteiger charge is -2.72. The van der Waals surface area contributed by atoms with Gasteiger partial charge in [0.2, 0.25) is 0 Å². The number of morpholine rings is 1. The van der Waals surface area contributed by atoms with Gasteiger partial charge in [0, 0.05) is 31.7 Å². The van der Waals surface area contributed by atoms with Gasteiger partial charge in [0.1, 0.15) is 0 Å². The van der Waals surface area contributed by atoms with E-state index in [1.165, 1.54) is 68.9 Å². The Balaban J connectivity index is 1.12. The minimum absolute atomic E-state index is 0.0639. The maximum atomic E-state index is 11.5. The van der Waals surface area contributed by atoms with Crippen LogP contribution in [0.5, 0.6) is 0 Å². The molecule has 5 fully saturated rings. The van der Waals surface area contributed by atoms with Gasteiger partial charge in [-0.1, -0.05) is 59.2 Å². The molecule has 8 atom stereocenters. The number of nitrogens with zero attached hydrogens (tertiary/aromatic N) is 1. The van der Waals surface area contributed by atoms with E-state index in [0.717, 1.165) is 63.6 Å². The molecule has 0 radical (unpaired) electrons. The Morgan fingerprint density at radius 1 is 0.886 bits per heavy atom. The van der Waals surface area contributed by atoms with E-state index >= 15 is 0 Å². The number of rotatable bonds is 6. The SMILES string of the molecule is CC1(C)C(c2ccc(C(=O)O)cc2)=CCC2(C)C1CCC1(C)C2CCC2C3CCCC3(NCCN3CCOCC3)CC[C@]21C. The summed E-state index contributed by atoms with van der Waals surface area (Å²) in [4.78, 5) is 14.1. The van der Waals surface area contributed by atoms with Crippen molar-refractivity contribution in [2.75, 3.05) is 39.4 Å². The third kappa shape index (κ3) is 4.53. The van der Waals surface area contributed by atoms with Crippen LogP contribution in [-0.4, -0.2) is 60.9 Å². The monoisotopic (exact) mass is 602 g/mol. The lowest BCUT2D eigenvalue weighted by Crippen LogP contribution is -2.67. The summed E-state index contributed by atoms with van der Waals surface area (Å²) in [5.41, 5.74) is 4.53. The van der Waals surface area contributed by atoms with Crippen molar-refractivity contribution < 1.29 is 14.6 Å².